The summed E-state index contributed by atoms with van der Waals surface area (Å²) in [6.45, 7) is 5.01. The molecule has 102 valence electrons. The summed E-state index contributed by atoms with van der Waals surface area (Å²) in [7, 11) is 0. The summed E-state index contributed by atoms with van der Waals surface area (Å²) in [6.07, 6.45) is 4.20. The lowest BCUT2D eigenvalue weighted by molar-refractivity contribution is 0.823. The summed E-state index contributed by atoms with van der Waals surface area (Å²) in [5.74, 6) is 0.801. The van der Waals surface area contributed by atoms with Crippen molar-refractivity contribution in [3.05, 3.63) is 40.1 Å². The molecule has 19 heavy (non-hydrogen) atoms. The molecule has 3 nitrogen and oxygen atoms in total. The first kappa shape index (κ1) is 14.2. The number of hydrogen-bond acceptors (Lipinski definition) is 2. The third-order valence-electron chi connectivity index (χ3n) is 2.81. The Labute approximate surface area is 123 Å². The third-order valence-corrected chi connectivity index (χ3v) is 3.36. The molecule has 0 aliphatic carbocycles. The number of imidazole rings is 1. The van der Waals surface area contributed by atoms with Gasteiger partial charge in [-0.2, -0.15) is 0 Å². The number of nitrogens with zero attached hydrogens (tertiary/aromatic N) is 2. The van der Waals surface area contributed by atoms with Crippen molar-refractivity contribution < 1.29 is 0 Å². The minimum absolute atomic E-state index is 0.653. The van der Waals surface area contributed by atoms with E-state index in [0.29, 0.717) is 10.0 Å². The molecule has 0 unspecified atom stereocenters. The Morgan fingerprint density at radius 1 is 1.32 bits per heavy atom. The summed E-state index contributed by atoms with van der Waals surface area (Å²) in [5, 5.41) is 4.64. The average Bonchev–Trinajstić information content (AvgIpc) is 2.74. The Morgan fingerprint density at radius 2 is 2.11 bits per heavy atom. The van der Waals surface area contributed by atoms with E-state index in [1.807, 2.05) is 23.8 Å². The highest BCUT2D eigenvalue weighted by atomic mass is 35.5. The van der Waals surface area contributed by atoms with E-state index in [4.69, 9.17) is 23.2 Å². The minimum Gasteiger partial charge on any atom is -0.355 e. The van der Waals surface area contributed by atoms with E-state index in [2.05, 4.69) is 17.2 Å². The van der Waals surface area contributed by atoms with Crippen LogP contribution in [0.25, 0.3) is 5.69 Å². The monoisotopic (exact) mass is 297 g/mol. The smallest absolute Gasteiger partial charge is 0.207 e. The highest BCUT2D eigenvalue weighted by Crippen LogP contribution is 2.27. The molecular formula is C14H17Cl2N3. The van der Waals surface area contributed by atoms with Crippen molar-refractivity contribution in [3.8, 4) is 5.69 Å². The molecule has 0 saturated heterocycles. The molecule has 0 amide bonds. The number of halogens is 2. The van der Waals surface area contributed by atoms with E-state index in [0.717, 1.165) is 36.7 Å². The SMILES string of the molecule is CCCCNc1nc(C)cn1-c1cc(Cl)ccc1Cl. The van der Waals surface area contributed by atoms with Crippen LogP contribution in [-0.4, -0.2) is 16.1 Å². The van der Waals surface area contributed by atoms with Crippen LogP contribution in [0.1, 0.15) is 25.5 Å². The van der Waals surface area contributed by atoms with Gasteiger partial charge < -0.3 is 5.32 Å². The van der Waals surface area contributed by atoms with Gasteiger partial charge in [0.15, 0.2) is 0 Å². The molecule has 1 heterocycles. The number of benzene rings is 1. The summed E-state index contributed by atoms with van der Waals surface area (Å²) in [5.41, 5.74) is 1.78. The predicted octanol–water partition coefficient (Wildman–Crippen LogP) is 4.70. The van der Waals surface area contributed by atoms with Crippen molar-refractivity contribution in [1.82, 2.24) is 9.55 Å². The number of anilines is 1. The Kier molecular flexibility index (Phi) is 4.72. The fraction of sp³-hybridized carbons (Fsp3) is 0.357. The first-order valence-corrected chi connectivity index (χ1v) is 7.12. The van der Waals surface area contributed by atoms with E-state index in [9.17, 15) is 0 Å². The first-order valence-electron chi connectivity index (χ1n) is 6.37. The third kappa shape index (κ3) is 3.43. The van der Waals surface area contributed by atoms with E-state index in [1.165, 1.54) is 0 Å². The van der Waals surface area contributed by atoms with Crippen LogP contribution in [0.5, 0.6) is 0 Å². The van der Waals surface area contributed by atoms with Crippen LogP contribution in [0.2, 0.25) is 10.0 Å². The lowest BCUT2D eigenvalue weighted by atomic mass is 10.3. The van der Waals surface area contributed by atoms with Gasteiger partial charge in [0.05, 0.1) is 16.4 Å². The molecule has 0 aliphatic heterocycles. The largest absolute Gasteiger partial charge is 0.355 e. The lowest BCUT2D eigenvalue weighted by Crippen LogP contribution is -2.07. The Bertz CT molecular complexity index is 564. The van der Waals surface area contributed by atoms with Crippen LogP contribution in [-0.2, 0) is 0 Å². The van der Waals surface area contributed by atoms with Crippen molar-refractivity contribution in [1.29, 1.82) is 0 Å². The maximum Gasteiger partial charge on any atom is 0.207 e. The number of nitrogens with one attached hydrogen (secondary N) is 1. The number of aromatic nitrogens is 2. The fourth-order valence-electron chi connectivity index (χ4n) is 1.85. The highest BCUT2D eigenvalue weighted by molar-refractivity contribution is 6.34. The molecule has 0 aliphatic rings. The second-order valence-electron chi connectivity index (χ2n) is 4.45. The second kappa shape index (κ2) is 6.31. The predicted molar refractivity (Wildman–Crippen MR) is 81.7 cm³/mol. The van der Waals surface area contributed by atoms with E-state index >= 15 is 0 Å². The molecule has 0 saturated carbocycles. The Balaban J connectivity index is 2.35. The van der Waals surface area contributed by atoms with E-state index in [-0.39, 0.29) is 0 Å². The molecule has 0 fully saturated rings. The van der Waals surface area contributed by atoms with Gasteiger partial charge in [0.25, 0.3) is 0 Å². The molecule has 0 radical (unpaired) electrons. The van der Waals surface area contributed by atoms with Gasteiger partial charge in [0.1, 0.15) is 0 Å². The molecule has 1 aromatic carbocycles. The van der Waals surface area contributed by atoms with Crippen LogP contribution in [0.15, 0.2) is 24.4 Å². The maximum absolute atomic E-state index is 6.24. The van der Waals surface area contributed by atoms with Gasteiger partial charge in [-0.05, 0) is 31.5 Å². The van der Waals surface area contributed by atoms with Gasteiger partial charge in [-0.25, -0.2) is 4.98 Å². The van der Waals surface area contributed by atoms with Crippen LogP contribution >= 0.6 is 23.2 Å². The molecular weight excluding hydrogens is 281 g/mol. The highest BCUT2D eigenvalue weighted by Gasteiger charge is 2.10. The molecule has 2 rings (SSSR count). The van der Waals surface area contributed by atoms with E-state index in [1.54, 1.807) is 12.1 Å². The average molecular weight is 298 g/mol. The van der Waals surface area contributed by atoms with Crippen molar-refractivity contribution in [2.75, 3.05) is 11.9 Å². The Morgan fingerprint density at radius 3 is 2.84 bits per heavy atom. The molecule has 0 atom stereocenters. The zero-order chi connectivity index (χ0) is 13.8. The van der Waals surface area contributed by atoms with Gasteiger partial charge >= 0.3 is 0 Å². The number of unbranched alkanes of at least 4 members (excludes halogenated alkanes) is 1. The second-order valence-corrected chi connectivity index (χ2v) is 5.30. The normalized spacial score (nSPS) is 10.7. The van der Waals surface area contributed by atoms with Crippen LogP contribution in [0.3, 0.4) is 0 Å². The van der Waals surface area contributed by atoms with Gasteiger partial charge in [0.2, 0.25) is 5.95 Å². The van der Waals surface area contributed by atoms with Crippen molar-refractivity contribution in [2.24, 2.45) is 0 Å². The van der Waals surface area contributed by atoms with Crippen LogP contribution in [0.4, 0.5) is 5.95 Å². The lowest BCUT2D eigenvalue weighted by Gasteiger charge is -2.11. The summed E-state index contributed by atoms with van der Waals surface area (Å²) in [6, 6.07) is 5.42. The number of hydrogen-bond donors (Lipinski definition) is 1. The quantitative estimate of drug-likeness (QED) is 0.811. The molecule has 0 spiro atoms. The molecule has 5 heteroatoms. The Hall–Kier alpha value is -1.19. The van der Waals surface area contributed by atoms with Gasteiger partial charge in [-0.3, -0.25) is 4.57 Å². The minimum atomic E-state index is 0.653. The molecule has 1 aromatic heterocycles. The molecule has 1 N–H and O–H groups in total. The molecule has 0 bridgehead atoms. The van der Waals surface area contributed by atoms with E-state index < -0.39 is 0 Å². The zero-order valence-electron chi connectivity index (χ0n) is 11.1. The number of rotatable bonds is 5. The summed E-state index contributed by atoms with van der Waals surface area (Å²) >= 11 is 12.3. The fourth-order valence-corrected chi connectivity index (χ4v) is 2.23. The first-order chi connectivity index (χ1) is 9.11. The van der Waals surface area contributed by atoms with Crippen molar-refractivity contribution >= 4 is 29.2 Å². The number of aryl methyl sites for hydroxylation is 1. The maximum atomic E-state index is 6.24. The van der Waals surface area contributed by atoms with Gasteiger partial charge in [0, 0.05) is 17.8 Å². The van der Waals surface area contributed by atoms with Crippen molar-refractivity contribution in [3.63, 3.8) is 0 Å². The van der Waals surface area contributed by atoms with Gasteiger partial charge in [-0.1, -0.05) is 36.5 Å². The zero-order valence-corrected chi connectivity index (χ0v) is 12.6. The van der Waals surface area contributed by atoms with Gasteiger partial charge in [-0.15, -0.1) is 0 Å². The topological polar surface area (TPSA) is 29.9 Å². The van der Waals surface area contributed by atoms with Crippen LogP contribution in [0, 0.1) is 6.92 Å². The standard InChI is InChI=1S/C14H17Cl2N3/c1-3-4-7-17-14-18-10(2)9-19(14)13-8-11(15)5-6-12(13)16/h5-6,8-9H,3-4,7H2,1-2H3,(H,17,18). The molecule has 2 aromatic rings. The van der Waals surface area contributed by atoms with Crippen LogP contribution < -0.4 is 5.32 Å². The van der Waals surface area contributed by atoms with Crippen molar-refractivity contribution in [2.45, 2.75) is 26.7 Å². The summed E-state index contributed by atoms with van der Waals surface area (Å²) < 4.78 is 1.94. The summed E-state index contributed by atoms with van der Waals surface area (Å²) in [4.78, 5) is 4.48.